The van der Waals surface area contributed by atoms with Gasteiger partial charge in [-0.05, 0) is 30.3 Å². The van der Waals surface area contributed by atoms with E-state index in [4.69, 9.17) is 16.3 Å². The van der Waals surface area contributed by atoms with Crippen molar-refractivity contribution in [1.82, 2.24) is 0 Å². The third kappa shape index (κ3) is 3.03. The Morgan fingerprint density at radius 2 is 1.88 bits per heavy atom. The Morgan fingerprint density at radius 3 is 2.59 bits per heavy atom. The topological polar surface area (TPSA) is 9.23 Å². The quantitative estimate of drug-likeness (QED) is 0.694. The van der Waals surface area contributed by atoms with Crippen LogP contribution in [0.25, 0.3) is 0 Å². The van der Waals surface area contributed by atoms with E-state index in [-0.39, 0.29) is 0 Å². The van der Waals surface area contributed by atoms with Gasteiger partial charge >= 0.3 is 0 Å². The van der Waals surface area contributed by atoms with Crippen LogP contribution in [-0.4, -0.2) is 7.11 Å². The summed E-state index contributed by atoms with van der Waals surface area (Å²) in [4.78, 5) is 0. The summed E-state index contributed by atoms with van der Waals surface area (Å²) < 4.78 is 5.20. The first-order chi connectivity index (χ1) is 8.29. The van der Waals surface area contributed by atoms with Gasteiger partial charge in [0.1, 0.15) is 5.75 Å². The summed E-state index contributed by atoms with van der Waals surface area (Å²) in [6.07, 6.45) is 0. The van der Waals surface area contributed by atoms with Gasteiger partial charge in [-0.3, -0.25) is 0 Å². The highest BCUT2D eigenvalue weighted by Crippen LogP contribution is 2.15. The van der Waals surface area contributed by atoms with E-state index in [0.29, 0.717) is 5.02 Å². The summed E-state index contributed by atoms with van der Waals surface area (Å²) in [6.45, 7) is 0. The molecule has 2 aromatic rings. The van der Waals surface area contributed by atoms with Crippen LogP contribution in [0.1, 0.15) is 11.1 Å². The molecule has 0 saturated heterocycles. The van der Waals surface area contributed by atoms with Crippen LogP contribution in [0.15, 0.2) is 42.5 Å². The molecule has 1 radical (unpaired) electrons. The van der Waals surface area contributed by atoms with Gasteiger partial charge < -0.3 is 4.74 Å². The molecule has 0 spiro atoms. The molecule has 2 heteroatoms. The largest absolute Gasteiger partial charge is 0.495 e. The van der Waals surface area contributed by atoms with Crippen molar-refractivity contribution < 1.29 is 4.74 Å². The van der Waals surface area contributed by atoms with Gasteiger partial charge in [0.25, 0.3) is 0 Å². The fraction of sp³-hybridized carbons (Fsp3) is 0.0667. The lowest BCUT2D eigenvalue weighted by Crippen LogP contribution is -1.86. The minimum Gasteiger partial charge on any atom is -0.495 e. The summed E-state index contributed by atoms with van der Waals surface area (Å²) in [7, 11) is 1.62. The van der Waals surface area contributed by atoms with Gasteiger partial charge in [-0.15, -0.1) is 0 Å². The van der Waals surface area contributed by atoms with E-state index in [2.05, 4.69) is 17.9 Å². The predicted octanol–water partition coefficient (Wildman–Crippen LogP) is 3.55. The Labute approximate surface area is 106 Å². The molecule has 0 unspecified atom stereocenters. The molecule has 0 aliphatic rings. The Kier molecular flexibility index (Phi) is 3.69. The molecule has 0 amide bonds. The zero-order valence-corrected chi connectivity index (χ0v) is 10.1. The number of hydrogen-bond acceptors (Lipinski definition) is 1. The number of benzene rings is 2. The molecule has 0 aromatic heterocycles. The maximum atomic E-state index is 5.80. The van der Waals surface area contributed by atoms with Crippen LogP contribution in [0, 0.1) is 17.9 Å². The average molecular weight is 242 g/mol. The lowest BCUT2D eigenvalue weighted by molar-refractivity contribution is 0.413. The summed E-state index contributed by atoms with van der Waals surface area (Å²) in [5.41, 5.74) is 1.67. The first-order valence-electron chi connectivity index (χ1n) is 5.12. The van der Waals surface area contributed by atoms with E-state index in [1.54, 1.807) is 7.11 Å². The minimum absolute atomic E-state index is 0.708. The lowest BCUT2D eigenvalue weighted by Gasteiger charge is -2.00. The molecule has 0 bridgehead atoms. The van der Waals surface area contributed by atoms with Gasteiger partial charge in [0, 0.05) is 16.7 Å². The van der Waals surface area contributed by atoms with E-state index in [0.717, 1.165) is 16.9 Å². The molecule has 0 fully saturated rings. The molecule has 0 N–H and O–H groups in total. The SMILES string of the molecule is COc1ccc[c]c1C#Cc1ccc(Cl)cc1. The van der Waals surface area contributed by atoms with Crippen molar-refractivity contribution in [1.29, 1.82) is 0 Å². The molecule has 2 aromatic carbocycles. The van der Waals surface area contributed by atoms with Crippen LogP contribution in [0.3, 0.4) is 0 Å². The van der Waals surface area contributed by atoms with E-state index in [1.807, 2.05) is 42.5 Å². The van der Waals surface area contributed by atoms with Gasteiger partial charge in [0.05, 0.1) is 12.7 Å². The third-order valence-corrected chi connectivity index (χ3v) is 2.47. The highest BCUT2D eigenvalue weighted by atomic mass is 35.5. The van der Waals surface area contributed by atoms with Crippen molar-refractivity contribution in [3.8, 4) is 17.6 Å². The van der Waals surface area contributed by atoms with Gasteiger partial charge in [0.15, 0.2) is 0 Å². The van der Waals surface area contributed by atoms with Gasteiger partial charge in [-0.1, -0.05) is 35.6 Å². The Balaban J connectivity index is 2.29. The second-order valence-electron chi connectivity index (χ2n) is 3.37. The smallest absolute Gasteiger partial charge is 0.135 e. The van der Waals surface area contributed by atoms with Gasteiger partial charge in [-0.2, -0.15) is 0 Å². The van der Waals surface area contributed by atoms with Crippen LogP contribution in [0.4, 0.5) is 0 Å². The van der Waals surface area contributed by atoms with Crippen molar-refractivity contribution in [3.63, 3.8) is 0 Å². The second kappa shape index (κ2) is 5.43. The van der Waals surface area contributed by atoms with E-state index in [9.17, 15) is 0 Å². The van der Waals surface area contributed by atoms with Crippen LogP contribution in [-0.2, 0) is 0 Å². The molecule has 0 aliphatic carbocycles. The lowest BCUT2D eigenvalue weighted by atomic mass is 10.1. The number of ether oxygens (including phenoxy) is 1. The molecule has 0 heterocycles. The molecule has 2 rings (SSSR count). The van der Waals surface area contributed by atoms with Crippen molar-refractivity contribution >= 4 is 11.6 Å². The summed E-state index contributed by atoms with van der Waals surface area (Å²) in [5, 5.41) is 0.708. The third-order valence-electron chi connectivity index (χ3n) is 2.21. The van der Waals surface area contributed by atoms with E-state index in [1.165, 1.54) is 0 Å². The maximum Gasteiger partial charge on any atom is 0.135 e. The molecule has 0 saturated carbocycles. The number of hydrogen-bond donors (Lipinski definition) is 0. The van der Waals surface area contributed by atoms with Crippen molar-refractivity contribution in [2.75, 3.05) is 7.11 Å². The number of methoxy groups -OCH3 is 1. The Hall–Kier alpha value is -1.91. The zero-order valence-electron chi connectivity index (χ0n) is 9.33. The molecule has 17 heavy (non-hydrogen) atoms. The van der Waals surface area contributed by atoms with Crippen LogP contribution >= 0.6 is 11.6 Å². The highest BCUT2D eigenvalue weighted by Gasteiger charge is 1.96. The number of rotatable bonds is 1. The zero-order chi connectivity index (χ0) is 12.1. The summed E-state index contributed by atoms with van der Waals surface area (Å²) in [5.74, 6) is 6.80. The van der Waals surface area contributed by atoms with Crippen molar-refractivity contribution in [2.24, 2.45) is 0 Å². The van der Waals surface area contributed by atoms with Crippen LogP contribution in [0.2, 0.25) is 5.02 Å². The Morgan fingerprint density at radius 1 is 1.12 bits per heavy atom. The molecule has 0 aliphatic heterocycles. The maximum absolute atomic E-state index is 5.80. The summed E-state index contributed by atoms with van der Waals surface area (Å²) in [6, 6.07) is 16.0. The monoisotopic (exact) mass is 241 g/mol. The molecule has 1 nitrogen and oxygen atoms in total. The standard InChI is InChI=1S/C15H10ClO/c1-17-15-5-3-2-4-13(15)9-6-12-7-10-14(16)11-8-12/h2-3,5,7-8,10-11H,1H3. The fourth-order valence-corrected chi connectivity index (χ4v) is 1.48. The Bertz CT molecular complexity index is 561. The fourth-order valence-electron chi connectivity index (χ4n) is 1.36. The first-order valence-corrected chi connectivity index (χ1v) is 5.49. The molecular weight excluding hydrogens is 232 g/mol. The van der Waals surface area contributed by atoms with E-state index < -0.39 is 0 Å². The minimum atomic E-state index is 0.708. The number of halogens is 1. The average Bonchev–Trinajstić information content (AvgIpc) is 2.38. The van der Waals surface area contributed by atoms with Crippen molar-refractivity contribution in [2.45, 2.75) is 0 Å². The van der Waals surface area contributed by atoms with Crippen LogP contribution < -0.4 is 4.74 Å². The molecule has 0 atom stereocenters. The first kappa shape index (κ1) is 11.6. The van der Waals surface area contributed by atoms with Crippen molar-refractivity contribution in [3.05, 3.63) is 64.7 Å². The van der Waals surface area contributed by atoms with E-state index >= 15 is 0 Å². The molecular formula is C15H10ClO. The molecule has 83 valence electrons. The second-order valence-corrected chi connectivity index (χ2v) is 3.81. The predicted molar refractivity (Wildman–Crippen MR) is 69.3 cm³/mol. The summed E-state index contributed by atoms with van der Waals surface area (Å²) >= 11 is 5.80. The normalized spacial score (nSPS) is 9.29. The van der Waals surface area contributed by atoms with Crippen LogP contribution in [0.5, 0.6) is 5.75 Å². The highest BCUT2D eigenvalue weighted by molar-refractivity contribution is 6.30. The van der Waals surface area contributed by atoms with Gasteiger partial charge in [-0.25, -0.2) is 0 Å². The van der Waals surface area contributed by atoms with Gasteiger partial charge in [0.2, 0.25) is 0 Å².